The zero-order valence-corrected chi connectivity index (χ0v) is 18.0. The number of aliphatic imine (C=N–C) groups is 1. The first kappa shape index (κ1) is 20.3. The highest BCUT2D eigenvalue weighted by Gasteiger charge is 2.25. The van der Waals surface area contributed by atoms with Crippen molar-refractivity contribution in [2.75, 3.05) is 18.0 Å². The van der Waals surface area contributed by atoms with Crippen LogP contribution in [0, 0.1) is 12.7 Å². The maximum atomic E-state index is 14.7. The van der Waals surface area contributed by atoms with Crippen molar-refractivity contribution in [3.63, 3.8) is 0 Å². The summed E-state index contributed by atoms with van der Waals surface area (Å²) in [6, 6.07) is 8.46. The lowest BCUT2D eigenvalue weighted by Crippen LogP contribution is -2.19. The number of benzene rings is 2. The van der Waals surface area contributed by atoms with Gasteiger partial charge in [-0.25, -0.2) is 9.38 Å². The van der Waals surface area contributed by atoms with Gasteiger partial charge in [-0.05, 0) is 73.0 Å². The minimum atomic E-state index is -0.282. The number of rotatable bonds is 3. The van der Waals surface area contributed by atoms with Gasteiger partial charge >= 0.3 is 0 Å². The number of anilines is 1. The van der Waals surface area contributed by atoms with Crippen molar-refractivity contribution >= 4 is 63.5 Å². The molecule has 0 atom stereocenters. The number of amides is 1. The van der Waals surface area contributed by atoms with Crippen LogP contribution in [0.5, 0.6) is 0 Å². The van der Waals surface area contributed by atoms with Crippen LogP contribution >= 0.6 is 35.0 Å². The van der Waals surface area contributed by atoms with Gasteiger partial charge in [-0.2, -0.15) is 0 Å². The van der Waals surface area contributed by atoms with E-state index in [1.807, 2.05) is 13.0 Å². The Morgan fingerprint density at radius 3 is 2.76 bits per heavy atom. The van der Waals surface area contributed by atoms with Crippen LogP contribution in [0.3, 0.4) is 0 Å². The van der Waals surface area contributed by atoms with E-state index in [2.05, 4.69) is 15.2 Å². The van der Waals surface area contributed by atoms with Crippen LogP contribution in [-0.2, 0) is 4.79 Å². The number of nitrogens with zero attached hydrogens (tertiary/aromatic N) is 2. The number of aryl methyl sites for hydroxylation is 1. The Morgan fingerprint density at radius 2 is 2.00 bits per heavy atom. The van der Waals surface area contributed by atoms with Crippen molar-refractivity contribution in [3.05, 3.63) is 62.2 Å². The van der Waals surface area contributed by atoms with Gasteiger partial charge in [-0.3, -0.25) is 4.79 Å². The van der Waals surface area contributed by atoms with Gasteiger partial charge in [0.05, 0.1) is 26.3 Å². The molecule has 4 nitrogen and oxygen atoms in total. The summed E-state index contributed by atoms with van der Waals surface area (Å²) in [4.78, 5) is 19.2. The minimum absolute atomic E-state index is 0.271. The molecule has 2 fully saturated rings. The van der Waals surface area contributed by atoms with Gasteiger partial charge in [0, 0.05) is 13.1 Å². The Bertz CT molecular complexity index is 1050. The Labute approximate surface area is 182 Å². The molecule has 1 N–H and O–H groups in total. The van der Waals surface area contributed by atoms with Crippen LogP contribution in [0.2, 0.25) is 10.0 Å². The number of nitrogens with one attached hydrogen (secondary N) is 1. The van der Waals surface area contributed by atoms with Crippen molar-refractivity contribution in [3.8, 4) is 0 Å². The summed E-state index contributed by atoms with van der Waals surface area (Å²) in [5, 5.41) is 3.83. The number of carbonyl (C=O) groups is 1. The summed E-state index contributed by atoms with van der Waals surface area (Å²) in [5.41, 5.74) is 2.69. The second-order valence-corrected chi connectivity index (χ2v) is 8.72. The van der Waals surface area contributed by atoms with E-state index in [0.717, 1.165) is 31.5 Å². The quantitative estimate of drug-likeness (QED) is 0.590. The van der Waals surface area contributed by atoms with Crippen LogP contribution in [0.15, 0.2) is 40.2 Å². The summed E-state index contributed by atoms with van der Waals surface area (Å²) in [6.07, 6.45) is 3.86. The van der Waals surface area contributed by atoms with Crippen LogP contribution < -0.4 is 10.2 Å². The Kier molecular flexibility index (Phi) is 5.86. The monoisotopic (exact) mass is 449 g/mol. The molecule has 2 aromatic rings. The maximum absolute atomic E-state index is 14.7. The van der Waals surface area contributed by atoms with Gasteiger partial charge in [0.15, 0.2) is 5.17 Å². The third-order valence-corrected chi connectivity index (χ3v) is 6.59. The van der Waals surface area contributed by atoms with Crippen LogP contribution in [0.1, 0.15) is 24.0 Å². The van der Waals surface area contributed by atoms with Crippen LogP contribution in [0.25, 0.3) is 6.08 Å². The molecule has 0 aromatic heterocycles. The fourth-order valence-corrected chi connectivity index (χ4v) is 4.51. The number of carbonyl (C=O) groups excluding carboxylic acids is 1. The first-order valence-electron chi connectivity index (χ1n) is 9.21. The average Bonchev–Trinajstić information content (AvgIpc) is 3.32. The standard InChI is InChI=1S/C21H18Cl2FN3OS/c1-12-9-17(27-7-2-3-8-27)15(24)10-13(12)11-18-20(28)26-21(29-18)25-16-6-4-5-14(22)19(16)23/h4-6,9-11H,2-3,7-8H2,1H3,(H,25,26,28)/b18-11-. The highest BCUT2D eigenvalue weighted by atomic mass is 35.5. The zero-order chi connectivity index (χ0) is 20.5. The van der Waals surface area contributed by atoms with E-state index in [4.69, 9.17) is 23.2 Å². The molecular weight excluding hydrogens is 432 g/mol. The minimum Gasteiger partial charge on any atom is -0.369 e. The molecule has 29 heavy (non-hydrogen) atoms. The molecule has 2 heterocycles. The highest BCUT2D eigenvalue weighted by molar-refractivity contribution is 8.18. The summed E-state index contributed by atoms with van der Waals surface area (Å²) >= 11 is 13.4. The third-order valence-electron chi connectivity index (χ3n) is 4.87. The molecule has 2 saturated heterocycles. The molecule has 2 aliphatic rings. The van der Waals surface area contributed by atoms with E-state index in [-0.39, 0.29) is 11.7 Å². The smallest absolute Gasteiger partial charge is 0.264 e. The van der Waals surface area contributed by atoms with E-state index in [0.29, 0.717) is 37.1 Å². The summed E-state index contributed by atoms with van der Waals surface area (Å²) in [7, 11) is 0. The predicted molar refractivity (Wildman–Crippen MR) is 120 cm³/mol. The van der Waals surface area contributed by atoms with Crippen LogP contribution in [0.4, 0.5) is 15.8 Å². The molecule has 8 heteroatoms. The Morgan fingerprint density at radius 1 is 1.24 bits per heavy atom. The van der Waals surface area contributed by atoms with Gasteiger partial charge in [0.2, 0.25) is 0 Å². The largest absolute Gasteiger partial charge is 0.369 e. The third kappa shape index (κ3) is 4.29. The van der Waals surface area contributed by atoms with E-state index in [1.54, 1.807) is 24.3 Å². The molecule has 0 saturated carbocycles. The average molecular weight is 450 g/mol. The Balaban J connectivity index is 1.60. The van der Waals surface area contributed by atoms with Gasteiger partial charge in [-0.1, -0.05) is 29.3 Å². The number of thioether (sulfide) groups is 1. The topological polar surface area (TPSA) is 44.7 Å². The number of amidine groups is 1. The van der Waals surface area contributed by atoms with E-state index < -0.39 is 0 Å². The fourth-order valence-electron chi connectivity index (χ4n) is 3.35. The predicted octanol–water partition coefficient (Wildman–Crippen LogP) is 5.93. The molecule has 0 aliphatic carbocycles. The lowest BCUT2D eigenvalue weighted by Gasteiger charge is -2.19. The lowest BCUT2D eigenvalue weighted by atomic mass is 10.1. The molecule has 4 rings (SSSR count). The molecule has 1 amide bonds. The van der Waals surface area contributed by atoms with Crippen molar-refractivity contribution in [1.29, 1.82) is 0 Å². The molecule has 0 spiro atoms. The second kappa shape index (κ2) is 8.38. The van der Waals surface area contributed by atoms with Gasteiger partial charge < -0.3 is 10.2 Å². The summed E-state index contributed by atoms with van der Waals surface area (Å²) in [5.74, 6) is -0.553. The SMILES string of the molecule is Cc1cc(N2CCCC2)c(F)cc1/C=C1\SC(=Nc2cccc(Cl)c2Cl)NC1=O. The molecular formula is C21H18Cl2FN3OS. The number of hydrogen-bond acceptors (Lipinski definition) is 4. The molecule has 0 radical (unpaired) electrons. The molecule has 150 valence electrons. The first-order valence-corrected chi connectivity index (χ1v) is 10.8. The number of halogens is 3. The summed E-state index contributed by atoms with van der Waals surface area (Å²) < 4.78 is 14.7. The van der Waals surface area contributed by atoms with Crippen molar-refractivity contribution in [1.82, 2.24) is 5.32 Å². The van der Waals surface area contributed by atoms with Gasteiger partial charge in [0.1, 0.15) is 5.82 Å². The van der Waals surface area contributed by atoms with Gasteiger partial charge in [0.25, 0.3) is 5.91 Å². The molecule has 2 aromatic carbocycles. The lowest BCUT2D eigenvalue weighted by molar-refractivity contribution is -0.115. The van der Waals surface area contributed by atoms with Crippen molar-refractivity contribution in [2.24, 2.45) is 4.99 Å². The number of hydrogen-bond donors (Lipinski definition) is 1. The zero-order valence-electron chi connectivity index (χ0n) is 15.6. The summed E-state index contributed by atoms with van der Waals surface area (Å²) in [6.45, 7) is 3.67. The Hall–Kier alpha value is -2.02. The molecule has 0 bridgehead atoms. The molecule has 2 aliphatic heterocycles. The maximum Gasteiger partial charge on any atom is 0.264 e. The van der Waals surface area contributed by atoms with Crippen LogP contribution in [-0.4, -0.2) is 24.2 Å². The fraction of sp³-hybridized carbons (Fsp3) is 0.238. The van der Waals surface area contributed by atoms with E-state index >= 15 is 0 Å². The highest BCUT2D eigenvalue weighted by Crippen LogP contribution is 2.35. The van der Waals surface area contributed by atoms with Crippen molar-refractivity contribution in [2.45, 2.75) is 19.8 Å². The first-order chi connectivity index (χ1) is 13.9. The van der Waals surface area contributed by atoms with Gasteiger partial charge in [-0.15, -0.1) is 0 Å². The van der Waals surface area contributed by atoms with E-state index in [9.17, 15) is 9.18 Å². The van der Waals surface area contributed by atoms with E-state index in [1.165, 1.54) is 17.8 Å². The normalized spacial score (nSPS) is 19.4. The molecule has 0 unspecified atom stereocenters. The second-order valence-electron chi connectivity index (χ2n) is 6.91. The van der Waals surface area contributed by atoms with Crippen molar-refractivity contribution < 1.29 is 9.18 Å².